The smallest absolute Gasteiger partial charge is 0.281 e. The number of hydrogen-bond acceptors (Lipinski definition) is 2. The fourth-order valence-corrected chi connectivity index (χ4v) is 3.09. The first-order valence-electron chi connectivity index (χ1n) is 7.02. The number of amides is 1. The Kier molecular flexibility index (Phi) is 2.94. The van der Waals surface area contributed by atoms with Crippen LogP contribution in [0.1, 0.15) is 16.1 Å². The molecule has 0 fully saturated rings. The molecule has 1 aromatic heterocycles. The summed E-state index contributed by atoms with van der Waals surface area (Å²) in [4.78, 5) is 17.8. The summed E-state index contributed by atoms with van der Waals surface area (Å²) in [7, 11) is 0. The number of anilines is 1. The predicted molar refractivity (Wildman–Crippen MR) is 91.0 cm³/mol. The van der Waals surface area contributed by atoms with Crippen molar-refractivity contribution in [3.8, 4) is 0 Å². The summed E-state index contributed by atoms with van der Waals surface area (Å²) in [5, 5.41) is 4.65. The molecule has 4 nitrogen and oxygen atoms in total. The molecular formula is C17H13N3OS. The lowest BCUT2D eigenvalue weighted by molar-refractivity contribution is 0.0999. The summed E-state index contributed by atoms with van der Waals surface area (Å²) in [6.07, 6.45) is 0. The van der Waals surface area contributed by atoms with Gasteiger partial charge in [-0.05, 0) is 30.4 Å². The summed E-state index contributed by atoms with van der Waals surface area (Å²) in [5.74, 6) is -0.132. The van der Waals surface area contributed by atoms with Crippen LogP contribution >= 0.6 is 12.2 Å². The maximum Gasteiger partial charge on any atom is 0.281 e. The highest BCUT2D eigenvalue weighted by atomic mass is 32.1. The molecule has 0 unspecified atom stereocenters. The van der Waals surface area contributed by atoms with Crippen molar-refractivity contribution in [1.82, 2.24) is 10.3 Å². The van der Waals surface area contributed by atoms with E-state index < -0.39 is 0 Å². The van der Waals surface area contributed by atoms with E-state index in [0.717, 1.165) is 22.2 Å². The topological polar surface area (TPSA) is 48.1 Å². The Morgan fingerprint density at radius 1 is 1.00 bits per heavy atom. The van der Waals surface area contributed by atoms with E-state index in [1.165, 1.54) is 4.90 Å². The summed E-state index contributed by atoms with van der Waals surface area (Å²) in [5.41, 5.74) is 3.28. The number of nitrogens with zero attached hydrogens (tertiary/aromatic N) is 1. The van der Waals surface area contributed by atoms with E-state index in [4.69, 9.17) is 12.2 Å². The minimum Gasteiger partial charge on any atom is -0.358 e. The standard InChI is InChI=1S/C17H13N3OS/c21-16-15-13(12-8-4-5-9-14(12)19-15)10-18-17(22)20(16)11-6-2-1-3-7-11/h1-9,19H,10H2,(H,18,22). The van der Waals surface area contributed by atoms with Gasteiger partial charge in [0.05, 0.1) is 5.69 Å². The molecule has 1 aliphatic heterocycles. The third-order valence-electron chi connectivity index (χ3n) is 3.86. The van der Waals surface area contributed by atoms with Crippen molar-refractivity contribution in [3.63, 3.8) is 0 Å². The zero-order chi connectivity index (χ0) is 15.1. The highest BCUT2D eigenvalue weighted by Crippen LogP contribution is 2.27. The Morgan fingerprint density at radius 2 is 1.73 bits per heavy atom. The minimum absolute atomic E-state index is 0.132. The molecule has 4 rings (SSSR count). The monoisotopic (exact) mass is 307 g/mol. The number of aromatic nitrogens is 1. The van der Waals surface area contributed by atoms with Crippen LogP contribution in [0.3, 0.4) is 0 Å². The van der Waals surface area contributed by atoms with Gasteiger partial charge < -0.3 is 10.3 Å². The van der Waals surface area contributed by atoms with Crippen LogP contribution in [0.5, 0.6) is 0 Å². The van der Waals surface area contributed by atoms with Gasteiger partial charge in [-0.1, -0.05) is 36.4 Å². The van der Waals surface area contributed by atoms with Gasteiger partial charge in [0.1, 0.15) is 5.69 Å². The van der Waals surface area contributed by atoms with E-state index in [2.05, 4.69) is 10.3 Å². The van der Waals surface area contributed by atoms with Crippen LogP contribution in [0.2, 0.25) is 0 Å². The average molecular weight is 307 g/mol. The summed E-state index contributed by atoms with van der Waals surface area (Å²) >= 11 is 5.39. The quantitative estimate of drug-likeness (QED) is 0.679. The van der Waals surface area contributed by atoms with Gasteiger partial charge in [-0.2, -0.15) is 0 Å². The third-order valence-corrected chi connectivity index (χ3v) is 4.19. The fraction of sp³-hybridized carbons (Fsp3) is 0.0588. The first-order chi connectivity index (χ1) is 10.8. The number of hydrogen-bond donors (Lipinski definition) is 2. The maximum atomic E-state index is 13.0. The third kappa shape index (κ3) is 1.90. The van der Waals surface area contributed by atoms with Crippen LogP contribution in [0.4, 0.5) is 5.69 Å². The number of nitrogens with one attached hydrogen (secondary N) is 2. The number of carbonyl (C=O) groups excluding carboxylic acids is 1. The van der Waals surface area contributed by atoms with Crippen molar-refractivity contribution >= 4 is 39.8 Å². The second-order valence-corrected chi connectivity index (χ2v) is 5.55. The number of rotatable bonds is 1. The minimum atomic E-state index is -0.132. The number of aromatic amines is 1. The number of thiocarbonyl (C=S) groups is 1. The van der Waals surface area contributed by atoms with Crippen molar-refractivity contribution in [3.05, 3.63) is 65.9 Å². The second-order valence-electron chi connectivity index (χ2n) is 5.16. The van der Waals surface area contributed by atoms with Crippen LogP contribution in [0.25, 0.3) is 10.9 Å². The van der Waals surface area contributed by atoms with Gasteiger partial charge in [0.2, 0.25) is 0 Å². The molecule has 0 bridgehead atoms. The van der Waals surface area contributed by atoms with E-state index in [9.17, 15) is 4.79 Å². The molecule has 3 aromatic rings. The van der Waals surface area contributed by atoms with Crippen molar-refractivity contribution in [2.45, 2.75) is 6.54 Å². The van der Waals surface area contributed by atoms with E-state index in [1.54, 1.807) is 0 Å². The Labute approximate surface area is 132 Å². The number of fused-ring (bicyclic) bond motifs is 3. The van der Waals surface area contributed by atoms with Crippen molar-refractivity contribution in [1.29, 1.82) is 0 Å². The molecule has 0 aliphatic carbocycles. The average Bonchev–Trinajstić information content (AvgIpc) is 2.87. The molecule has 0 spiro atoms. The van der Waals surface area contributed by atoms with Gasteiger partial charge in [-0.3, -0.25) is 9.69 Å². The SMILES string of the molecule is O=C1c2[nH]c3ccccc3c2CNC(=S)N1c1ccccc1. The number of para-hydroxylation sites is 2. The molecule has 0 radical (unpaired) electrons. The molecule has 2 N–H and O–H groups in total. The van der Waals surface area contributed by atoms with E-state index in [0.29, 0.717) is 17.4 Å². The van der Waals surface area contributed by atoms with E-state index in [1.807, 2.05) is 54.6 Å². The van der Waals surface area contributed by atoms with E-state index >= 15 is 0 Å². The lowest BCUT2D eigenvalue weighted by Crippen LogP contribution is -2.41. The number of H-pyrrole nitrogens is 1. The zero-order valence-electron chi connectivity index (χ0n) is 11.7. The van der Waals surface area contributed by atoms with Crippen molar-refractivity contribution in [2.75, 3.05) is 4.90 Å². The van der Waals surface area contributed by atoms with Crippen molar-refractivity contribution in [2.24, 2.45) is 0 Å². The normalized spacial score (nSPS) is 14.6. The highest BCUT2D eigenvalue weighted by Gasteiger charge is 2.29. The zero-order valence-corrected chi connectivity index (χ0v) is 12.5. The van der Waals surface area contributed by atoms with Gasteiger partial charge in [0, 0.05) is 23.0 Å². The molecule has 2 heterocycles. The van der Waals surface area contributed by atoms with Crippen LogP contribution in [-0.4, -0.2) is 16.0 Å². The van der Waals surface area contributed by atoms with E-state index in [-0.39, 0.29) is 5.91 Å². The van der Waals surface area contributed by atoms with Gasteiger partial charge in [-0.25, -0.2) is 0 Å². The molecule has 0 saturated heterocycles. The summed E-state index contributed by atoms with van der Waals surface area (Å²) in [6, 6.07) is 17.4. The lowest BCUT2D eigenvalue weighted by Gasteiger charge is -2.21. The highest BCUT2D eigenvalue weighted by molar-refractivity contribution is 7.80. The van der Waals surface area contributed by atoms with Crippen molar-refractivity contribution < 1.29 is 4.79 Å². The van der Waals surface area contributed by atoms with Crippen LogP contribution in [0.15, 0.2) is 54.6 Å². The van der Waals surface area contributed by atoms with Gasteiger partial charge in [-0.15, -0.1) is 0 Å². The Bertz CT molecular complexity index is 885. The molecule has 0 atom stereocenters. The molecule has 0 saturated carbocycles. The Hall–Kier alpha value is -2.66. The number of benzene rings is 2. The molecule has 5 heteroatoms. The molecule has 1 amide bonds. The number of carbonyl (C=O) groups is 1. The molecule has 1 aliphatic rings. The summed E-state index contributed by atoms with van der Waals surface area (Å²) in [6.45, 7) is 0.535. The van der Waals surface area contributed by atoms with Crippen LogP contribution in [0, 0.1) is 0 Å². The first kappa shape index (κ1) is 13.0. The summed E-state index contributed by atoms with van der Waals surface area (Å²) < 4.78 is 0. The molecule has 2 aromatic carbocycles. The van der Waals surface area contributed by atoms with Gasteiger partial charge >= 0.3 is 0 Å². The van der Waals surface area contributed by atoms with Crippen LogP contribution < -0.4 is 10.2 Å². The van der Waals surface area contributed by atoms with Gasteiger partial charge in [0.15, 0.2) is 5.11 Å². The fourth-order valence-electron chi connectivity index (χ4n) is 2.82. The Morgan fingerprint density at radius 3 is 2.55 bits per heavy atom. The predicted octanol–water partition coefficient (Wildman–Crippen LogP) is 3.20. The van der Waals surface area contributed by atoms with Gasteiger partial charge in [0.25, 0.3) is 5.91 Å². The second kappa shape index (κ2) is 4.96. The Balaban J connectivity index is 1.90. The van der Waals surface area contributed by atoms with Crippen LogP contribution in [-0.2, 0) is 6.54 Å². The molecule has 22 heavy (non-hydrogen) atoms. The first-order valence-corrected chi connectivity index (χ1v) is 7.43. The maximum absolute atomic E-state index is 13.0. The molecule has 108 valence electrons. The molecular weight excluding hydrogens is 294 g/mol. The lowest BCUT2D eigenvalue weighted by atomic mass is 10.1. The largest absolute Gasteiger partial charge is 0.358 e.